The number of piperidine rings is 1. The molecule has 0 bridgehead atoms. The molecule has 1 aromatic carbocycles. The molecule has 0 saturated carbocycles. The second-order valence-corrected chi connectivity index (χ2v) is 8.25. The van der Waals surface area contributed by atoms with Crippen molar-refractivity contribution in [2.75, 3.05) is 19.7 Å². The van der Waals surface area contributed by atoms with Crippen LogP contribution in [0.3, 0.4) is 0 Å². The van der Waals surface area contributed by atoms with E-state index in [1.165, 1.54) is 11.8 Å². The molecule has 0 radical (unpaired) electrons. The van der Waals surface area contributed by atoms with Crippen LogP contribution in [-0.2, 0) is 15.3 Å². The zero-order chi connectivity index (χ0) is 21.1. The Kier molecular flexibility index (Phi) is 6.13. The third kappa shape index (κ3) is 4.53. The van der Waals surface area contributed by atoms with E-state index in [0.29, 0.717) is 55.0 Å². The second kappa shape index (κ2) is 8.95. The number of oxazole rings is 1. The van der Waals surface area contributed by atoms with Crippen LogP contribution in [0, 0.1) is 12.8 Å². The molecule has 7 nitrogen and oxygen atoms in total. The van der Waals surface area contributed by atoms with E-state index in [4.69, 9.17) is 13.6 Å². The van der Waals surface area contributed by atoms with Gasteiger partial charge in [-0.2, -0.15) is 0 Å². The summed E-state index contributed by atoms with van der Waals surface area (Å²) in [5, 5.41) is 0.570. The number of fused-ring (bicyclic) bond motifs is 1. The standard InChI is InChI=1S/C22H24N2O5S/c1-3-27-21(26)15-8-10-24(11-9-15)20(25)18-7-5-16(28-18)13-30-22-23-17-6-4-14(2)12-19(17)29-22/h4-7,12,15H,3,8-11,13H2,1-2H3. The Hall–Kier alpha value is -2.74. The van der Waals surface area contributed by atoms with E-state index in [1.54, 1.807) is 24.0 Å². The number of rotatable bonds is 6. The number of nitrogens with zero attached hydrogens (tertiary/aromatic N) is 2. The summed E-state index contributed by atoms with van der Waals surface area (Å²) in [4.78, 5) is 30.8. The summed E-state index contributed by atoms with van der Waals surface area (Å²) in [5.41, 5.74) is 2.71. The fourth-order valence-corrected chi connectivity index (χ4v) is 4.24. The maximum absolute atomic E-state index is 12.7. The minimum absolute atomic E-state index is 0.127. The number of carbonyl (C=O) groups is 2. The summed E-state index contributed by atoms with van der Waals surface area (Å²) < 4.78 is 16.6. The maximum atomic E-state index is 12.7. The molecule has 3 aromatic rings. The maximum Gasteiger partial charge on any atom is 0.309 e. The lowest BCUT2D eigenvalue weighted by Gasteiger charge is -2.30. The van der Waals surface area contributed by atoms with Gasteiger partial charge in [-0.15, -0.1) is 0 Å². The van der Waals surface area contributed by atoms with Crippen LogP contribution in [-0.4, -0.2) is 41.5 Å². The Morgan fingerprint density at radius 2 is 2.00 bits per heavy atom. The molecule has 1 aliphatic rings. The Balaban J connectivity index is 1.32. The molecule has 1 aliphatic heterocycles. The van der Waals surface area contributed by atoms with E-state index in [0.717, 1.165) is 16.7 Å². The highest BCUT2D eigenvalue weighted by atomic mass is 32.2. The lowest BCUT2D eigenvalue weighted by Crippen LogP contribution is -2.40. The predicted octanol–water partition coefficient (Wildman–Crippen LogP) is 4.44. The summed E-state index contributed by atoms with van der Waals surface area (Å²) in [6.45, 7) is 5.24. The second-order valence-electron chi connectivity index (χ2n) is 7.32. The molecule has 1 amide bonds. The molecule has 1 fully saturated rings. The van der Waals surface area contributed by atoms with Crippen molar-refractivity contribution in [3.05, 3.63) is 47.4 Å². The van der Waals surface area contributed by atoms with Gasteiger partial charge in [-0.05, 0) is 56.5 Å². The molecule has 0 aliphatic carbocycles. The number of aromatic nitrogens is 1. The molecule has 158 valence electrons. The van der Waals surface area contributed by atoms with Crippen molar-refractivity contribution < 1.29 is 23.2 Å². The third-order valence-corrected chi connectivity index (χ3v) is 5.99. The summed E-state index contributed by atoms with van der Waals surface area (Å²) in [7, 11) is 0. The van der Waals surface area contributed by atoms with Crippen molar-refractivity contribution >= 4 is 34.7 Å². The lowest BCUT2D eigenvalue weighted by molar-refractivity contribution is -0.149. The first-order valence-electron chi connectivity index (χ1n) is 10.1. The van der Waals surface area contributed by atoms with E-state index in [1.807, 2.05) is 25.1 Å². The Morgan fingerprint density at radius 3 is 2.77 bits per heavy atom. The van der Waals surface area contributed by atoms with Gasteiger partial charge in [-0.3, -0.25) is 9.59 Å². The van der Waals surface area contributed by atoms with Gasteiger partial charge >= 0.3 is 5.97 Å². The van der Waals surface area contributed by atoms with Crippen molar-refractivity contribution in [1.82, 2.24) is 9.88 Å². The van der Waals surface area contributed by atoms with Crippen LogP contribution >= 0.6 is 11.8 Å². The van der Waals surface area contributed by atoms with Crippen LogP contribution in [0.5, 0.6) is 0 Å². The molecule has 4 rings (SSSR count). The predicted molar refractivity (Wildman–Crippen MR) is 112 cm³/mol. The first-order valence-corrected chi connectivity index (χ1v) is 11.1. The van der Waals surface area contributed by atoms with E-state index < -0.39 is 0 Å². The summed E-state index contributed by atoms with van der Waals surface area (Å²) in [6, 6.07) is 9.40. The van der Waals surface area contributed by atoms with Gasteiger partial charge in [0.2, 0.25) is 0 Å². The number of furan rings is 1. The first kappa shape index (κ1) is 20.5. The number of benzene rings is 1. The van der Waals surface area contributed by atoms with Crippen molar-refractivity contribution in [3.8, 4) is 0 Å². The van der Waals surface area contributed by atoms with Crippen LogP contribution in [0.2, 0.25) is 0 Å². The highest BCUT2D eigenvalue weighted by Crippen LogP contribution is 2.28. The quantitative estimate of drug-likeness (QED) is 0.424. The molecule has 3 heterocycles. The smallest absolute Gasteiger partial charge is 0.309 e. The van der Waals surface area contributed by atoms with Crippen LogP contribution < -0.4 is 0 Å². The van der Waals surface area contributed by atoms with Crippen LogP contribution in [0.1, 0.15) is 41.6 Å². The molecular formula is C22H24N2O5S. The number of amides is 1. The number of thioether (sulfide) groups is 1. The topological polar surface area (TPSA) is 85.8 Å². The number of likely N-dealkylation sites (tertiary alicyclic amines) is 1. The van der Waals surface area contributed by atoms with Crippen molar-refractivity contribution in [1.29, 1.82) is 0 Å². The summed E-state index contributed by atoms with van der Waals surface area (Å²) >= 11 is 1.43. The van der Waals surface area contributed by atoms with Gasteiger partial charge in [0.05, 0.1) is 18.3 Å². The van der Waals surface area contributed by atoms with Crippen LogP contribution in [0.15, 0.2) is 44.4 Å². The zero-order valence-electron chi connectivity index (χ0n) is 17.1. The van der Waals surface area contributed by atoms with E-state index in [9.17, 15) is 9.59 Å². The Labute approximate surface area is 178 Å². The number of aryl methyl sites for hydroxylation is 1. The van der Waals surface area contributed by atoms with Gasteiger partial charge in [-0.25, -0.2) is 4.98 Å². The molecule has 0 atom stereocenters. The van der Waals surface area contributed by atoms with E-state index >= 15 is 0 Å². The summed E-state index contributed by atoms with van der Waals surface area (Å²) in [6.07, 6.45) is 1.23. The molecule has 0 N–H and O–H groups in total. The Bertz CT molecular complexity index is 1050. The first-order chi connectivity index (χ1) is 14.5. The fourth-order valence-electron chi connectivity index (χ4n) is 3.51. The molecule has 0 unspecified atom stereocenters. The zero-order valence-corrected chi connectivity index (χ0v) is 17.9. The molecule has 30 heavy (non-hydrogen) atoms. The SMILES string of the molecule is CCOC(=O)C1CCN(C(=O)c2ccc(CSc3nc4ccc(C)cc4o3)o2)CC1. The van der Waals surface area contributed by atoms with Crippen LogP contribution in [0.4, 0.5) is 0 Å². The minimum atomic E-state index is -0.170. The monoisotopic (exact) mass is 428 g/mol. The van der Waals surface area contributed by atoms with Crippen molar-refractivity contribution in [3.63, 3.8) is 0 Å². The molecule has 2 aromatic heterocycles. The number of ether oxygens (including phenoxy) is 1. The average molecular weight is 429 g/mol. The molecule has 0 spiro atoms. The lowest BCUT2D eigenvalue weighted by atomic mass is 9.97. The van der Waals surface area contributed by atoms with Crippen molar-refractivity contribution in [2.45, 2.75) is 37.7 Å². The molecule has 1 saturated heterocycles. The van der Waals surface area contributed by atoms with Gasteiger partial charge in [-0.1, -0.05) is 17.8 Å². The molecule has 8 heteroatoms. The number of hydrogen-bond acceptors (Lipinski definition) is 7. The van der Waals surface area contributed by atoms with Gasteiger partial charge in [0, 0.05) is 13.1 Å². The number of carbonyl (C=O) groups excluding carboxylic acids is 2. The number of esters is 1. The normalized spacial score (nSPS) is 14.9. The average Bonchev–Trinajstić information content (AvgIpc) is 3.38. The number of hydrogen-bond donors (Lipinski definition) is 0. The van der Waals surface area contributed by atoms with Crippen LogP contribution in [0.25, 0.3) is 11.1 Å². The van der Waals surface area contributed by atoms with Gasteiger partial charge < -0.3 is 18.5 Å². The van der Waals surface area contributed by atoms with Gasteiger partial charge in [0.25, 0.3) is 11.1 Å². The highest BCUT2D eigenvalue weighted by Gasteiger charge is 2.29. The fraction of sp³-hybridized carbons (Fsp3) is 0.409. The third-order valence-electron chi connectivity index (χ3n) is 5.14. The van der Waals surface area contributed by atoms with Gasteiger partial charge in [0.15, 0.2) is 11.3 Å². The highest BCUT2D eigenvalue weighted by molar-refractivity contribution is 7.98. The molecular weight excluding hydrogens is 404 g/mol. The van der Waals surface area contributed by atoms with Crippen molar-refractivity contribution in [2.24, 2.45) is 5.92 Å². The largest absolute Gasteiger partial charge is 0.466 e. The van der Waals surface area contributed by atoms with E-state index in [2.05, 4.69) is 4.98 Å². The van der Waals surface area contributed by atoms with Gasteiger partial charge in [0.1, 0.15) is 11.3 Å². The Morgan fingerprint density at radius 1 is 1.20 bits per heavy atom. The summed E-state index contributed by atoms with van der Waals surface area (Å²) in [5.74, 6) is 1.07. The minimum Gasteiger partial charge on any atom is -0.466 e. The van der Waals surface area contributed by atoms with E-state index in [-0.39, 0.29) is 17.8 Å².